The Balaban J connectivity index is 1.97. The summed E-state index contributed by atoms with van der Waals surface area (Å²) in [5, 5.41) is 0.952. The molecular formula is C12H10BrCl2NO2S2. The lowest BCUT2D eigenvalue weighted by Gasteiger charge is -2.06. The third-order valence-electron chi connectivity index (χ3n) is 2.50. The summed E-state index contributed by atoms with van der Waals surface area (Å²) in [5.74, 6) is 0. The Bertz CT molecular complexity index is 716. The Kier molecular flexibility index (Phi) is 5.50. The van der Waals surface area contributed by atoms with E-state index in [1.165, 1.54) is 11.3 Å². The van der Waals surface area contributed by atoms with Crippen LogP contribution in [0.25, 0.3) is 0 Å². The number of thiophene rings is 1. The lowest BCUT2D eigenvalue weighted by atomic mass is 10.1. The molecular weight excluding hydrogens is 405 g/mol. The van der Waals surface area contributed by atoms with Crippen molar-refractivity contribution in [3.63, 3.8) is 0 Å². The number of nitrogens with one attached hydrogen (secondary N) is 1. The standard InChI is InChI=1S/C12H10BrCl2NO2S2/c13-11-3-4-12(19-11)20(17,18)16-6-5-8-1-2-9(14)10(15)7-8/h1-4,7,16H,5-6H2. The molecule has 1 aromatic heterocycles. The summed E-state index contributed by atoms with van der Waals surface area (Å²) in [7, 11) is -3.45. The van der Waals surface area contributed by atoms with Gasteiger partial charge in [-0.15, -0.1) is 11.3 Å². The summed E-state index contributed by atoms with van der Waals surface area (Å²) in [4.78, 5) is 0. The first kappa shape index (κ1) is 16.3. The molecule has 8 heteroatoms. The van der Waals surface area contributed by atoms with Gasteiger partial charge in [0, 0.05) is 6.54 Å². The van der Waals surface area contributed by atoms with E-state index in [1.807, 2.05) is 6.07 Å². The molecule has 0 bridgehead atoms. The predicted molar refractivity (Wildman–Crippen MR) is 87.4 cm³/mol. The maximum Gasteiger partial charge on any atom is 0.250 e. The predicted octanol–water partition coefficient (Wildman–Crippen LogP) is 4.34. The summed E-state index contributed by atoms with van der Waals surface area (Å²) in [6.45, 7) is 0.301. The first-order valence-electron chi connectivity index (χ1n) is 5.57. The van der Waals surface area contributed by atoms with E-state index in [4.69, 9.17) is 23.2 Å². The fourth-order valence-electron chi connectivity index (χ4n) is 1.54. The van der Waals surface area contributed by atoms with Crippen molar-refractivity contribution in [2.45, 2.75) is 10.6 Å². The van der Waals surface area contributed by atoms with Crippen molar-refractivity contribution in [1.82, 2.24) is 4.72 Å². The zero-order valence-corrected chi connectivity index (χ0v) is 14.8. The van der Waals surface area contributed by atoms with Crippen molar-refractivity contribution in [1.29, 1.82) is 0 Å². The molecule has 2 rings (SSSR count). The highest BCUT2D eigenvalue weighted by Crippen LogP contribution is 2.26. The molecule has 0 aliphatic carbocycles. The Hall–Kier alpha value is -0.110. The normalized spacial score (nSPS) is 11.8. The number of benzene rings is 1. The van der Waals surface area contributed by atoms with Gasteiger partial charge >= 0.3 is 0 Å². The molecule has 0 atom stereocenters. The van der Waals surface area contributed by atoms with Crippen LogP contribution in [-0.4, -0.2) is 15.0 Å². The minimum atomic E-state index is -3.45. The molecule has 0 fully saturated rings. The van der Waals surface area contributed by atoms with Crippen LogP contribution < -0.4 is 4.72 Å². The molecule has 0 aliphatic heterocycles. The molecule has 2 aromatic rings. The fourth-order valence-corrected chi connectivity index (χ4v) is 4.95. The number of hydrogen-bond acceptors (Lipinski definition) is 3. The van der Waals surface area contributed by atoms with E-state index in [-0.39, 0.29) is 0 Å². The zero-order chi connectivity index (χ0) is 14.8. The second-order valence-corrected chi connectivity index (χ2v) is 9.23. The number of hydrogen-bond donors (Lipinski definition) is 1. The highest BCUT2D eigenvalue weighted by atomic mass is 79.9. The van der Waals surface area contributed by atoms with Crippen molar-refractivity contribution in [3.05, 3.63) is 49.7 Å². The fraction of sp³-hybridized carbons (Fsp3) is 0.167. The Morgan fingerprint density at radius 1 is 1.15 bits per heavy atom. The molecule has 1 N–H and O–H groups in total. The molecule has 0 saturated heterocycles. The van der Waals surface area contributed by atoms with Crippen molar-refractivity contribution in [3.8, 4) is 0 Å². The van der Waals surface area contributed by atoms with Crippen LogP contribution in [0.1, 0.15) is 5.56 Å². The van der Waals surface area contributed by atoms with Gasteiger partial charge < -0.3 is 0 Å². The summed E-state index contributed by atoms with van der Waals surface area (Å²) >= 11 is 16.1. The molecule has 1 aromatic carbocycles. The molecule has 20 heavy (non-hydrogen) atoms. The molecule has 0 spiro atoms. The smallest absolute Gasteiger partial charge is 0.210 e. The van der Waals surface area contributed by atoms with Crippen LogP contribution in [0, 0.1) is 0 Å². The van der Waals surface area contributed by atoms with Gasteiger partial charge in [0.05, 0.1) is 13.8 Å². The van der Waals surface area contributed by atoms with Gasteiger partial charge in [0.25, 0.3) is 0 Å². The highest BCUT2D eigenvalue weighted by Gasteiger charge is 2.15. The molecule has 108 valence electrons. The van der Waals surface area contributed by atoms with Crippen molar-refractivity contribution < 1.29 is 8.42 Å². The molecule has 0 saturated carbocycles. The molecule has 1 heterocycles. The van der Waals surface area contributed by atoms with Crippen molar-refractivity contribution in [2.75, 3.05) is 6.54 Å². The van der Waals surface area contributed by atoms with Gasteiger partial charge in [0.2, 0.25) is 10.0 Å². The number of halogens is 3. The minimum Gasteiger partial charge on any atom is -0.210 e. The number of sulfonamides is 1. The third kappa shape index (κ3) is 4.19. The highest BCUT2D eigenvalue weighted by molar-refractivity contribution is 9.11. The maximum absolute atomic E-state index is 12.0. The molecule has 0 radical (unpaired) electrons. The van der Waals surface area contributed by atoms with E-state index < -0.39 is 10.0 Å². The first-order chi connectivity index (χ1) is 9.38. The van der Waals surface area contributed by atoms with Gasteiger partial charge in [0.1, 0.15) is 4.21 Å². The summed E-state index contributed by atoms with van der Waals surface area (Å²) in [6.07, 6.45) is 0.544. The van der Waals surface area contributed by atoms with Crippen LogP contribution in [0.3, 0.4) is 0 Å². The summed E-state index contributed by atoms with van der Waals surface area (Å²) < 4.78 is 27.6. The first-order valence-corrected chi connectivity index (χ1v) is 9.42. The number of rotatable bonds is 5. The zero-order valence-electron chi connectivity index (χ0n) is 10.1. The summed E-state index contributed by atoms with van der Waals surface area (Å²) in [6, 6.07) is 8.53. The average Bonchev–Trinajstić information content (AvgIpc) is 2.81. The van der Waals surface area contributed by atoms with Crippen molar-refractivity contribution >= 4 is 60.5 Å². The Morgan fingerprint density at radius 2 is 1.90 bits per heavy atom. The van der Waals surface area contributed by atoms with E-state index in [1.54, 1.807) is 24.3 Å². The van der Waals surface area contributed by atoms with E-state index in [2.05, 4.69) is 20.7 Å². The van der Waals surface area contributed by atoms with Gasteiger partial charge in [0.15, 0.2) is 0 Å². The van der Waals surface area contributed by atoms with Crippen LogP contribution in [0.2, 0.25) is 10.0 Å². The van der Waals surface area contributed by atoms with Crippen LogP contribution >= 0.6 is 50.5 Å². The van der Waals surface area contributed by atoms with Gasteiger partial charge in [-0.2, -0.15) is 0 Å². The second-order valence-electron chi connectivity index (χ2n) is 3.95. The van der Waals surface area contributed by atoms with Gasteiger partial charge in [-0.1, -0.05) is 29.3 Å². The minimum absolute atomic E-state index is 0.290. The van der Waals surface area contributed by atoms with Crippen LogP contribution in [0.15, 0.2) is 38.3 Å². The molecule has 0 unspecified atom stereocenters. The monoisotopic (exact) mass is 413 g/mol. The summed E-state index contributed by atoms with van der Waals surface area (Å²) in [5.41, 5.74) is 0.925. The lowest BCUT2D eigenvalue weighted by molar-refractivity contribution is 0.584. The third-order valence-corrected chi connectivity index (χ3v) is 6.82. The van der Waals surface area contributed by atoms with Crippen LogP contribution in [-0.2, 0) is 16.4 Å². The topological polar surface area (TPSA) is 46.2 Å². The van der Waals surface area contributed by atoms with E-state index in [0.29, 0.717) is 27.2 Å². The second kappa shape index (κ2) is 6.77. The van der Waals surface area contributed by atoms with E-state index in [9.17, 15) is 8.42 Å². The Labute approximate surface area is 140 Å². The Morgan fingerprint density at radius 3 is 2.50 bits per heavy atom. The van der Waals surface area contributed by atoms with Crippen molar-refractivity contribution in [2.24, 2.45) is 0 Å². The van der Waals surface area contributed by atoms with Gasteiger partial charge in [-0.3, -0.25) is 0 Å². The van der Waals surface area contributed by atoms with Crippen LogP contribution in [0.5, 0.6) is 0 Å². The quantitative estimate of drug-likeness (QED) is 0.790. The van der Waals surface area contributed by atoms with Gasteiger partial charge in [-0.05, 0) is 52.2 Å². The average molecular weight is 415 g/mol. The maximum atomic E-state index is 12.0. The SMILES string of the molecule is O=S(=O)(NCCc1ccc(Cl)c(Cl)c1)c1ccc(Br)s1. The molecule has 0 aliphatic rings. The van der Waals surface area contributed by atoms with Gasteiger partial charge in [-0.25, -0.2) is 13.1 Å². The van der Waals surface area contributed by atoms with E-state index in [0.717, 1.165) is 9.35 Å². The molecule has 0 amide bonds. The molecule has 3 nitrogen and oxygen atoms in total. The largest absolute Gasteiger partial charge is 0.250 e. The van der Waals surface area contributed by atoms with E-state index >= 15 is 0 Å². The van der Waals surface area contributed by atoms with Crippen LogP contribution in [0.4, 0.5) is 0 Å². The lowest BCUT2D eigenvalue weighted by Crippen LogP contribution is -2.25.